The first-order chi connectivity index (χ1) is 7.09. The van der Waals surface area contributed by atoms with Gasteiger partial charge in [-0.25, -0.2) is 4.79 Å². The second-order valence-electron chi connectivity index (χ2n) is 2.91. The Kier molecular flexibility index (Phi) is 3.74. The van der Waals surface area contributed by atoms with Crippen LogP contribution in [-0.4, -0.2) is 11.1 Å². The molecule has 0 amide bonds. The van der Waals surface area contributed by atoms with Crippen LogP contribution in [0.25, 0.3) is 11.0 Å². The van der Waals surface area contributed by atoms with Crippen LogP contribution >= 0.6 is 0 Å². The van der Waals surface area contributed by atoms with Gasteiger partial charge in [0.2, 0.25) is 5.76 Å². The van der Waals surface area contributed by atoms with E-state index in [2.05, 4.69) is 0 Å². The average Bonchev–Trinajstić information content (AvgIpc) is 2.17. The predicted octanol–water partition coefficient (Wildman–Crippen LogP) is -2.43. The Hall–Kier alpha value is -1.30. The zero-order valence-corrected chi connectivity index (χ0v) is 10.4. The Morgan fingerprint density at radius 1 is 1.38 bits per heavy atom. The second-order valence-corrected chi connectivity index (χ2v) is 2.91. The SMILES string of the molecule is O=C(O)c1cc(=O)c2c([O-])cccc2o1.[Na+]. The monoisotopic (exact) mass is 228 g/mol. The number of benzene rings is 1. The minimum absolute atomic E-state index is 0. The van der Waals surface area contributed by atoms with E-state index in [1.165, 1.54) is 18.2 Å². The summed E-state index contributed by atoms with van der Waals surface area (Å²) >= 11 is 0. The van der Waals surface area contributed by atoms with Crippen molar-refractivity contribution < 1.29 is 49.0 Å². The smallest absolute Gasteiger partial charge is 0.872 e. The quantitative estimate of drug-likeness (QED) is 0.548. The van der Waals surface area contributed by atoms with Gasteiger partial charge < -0.3 is 14.6 Å². The Morgan fingerprint density at radius 3 is 2.69 bits per heavy atom. The Morgan fingerprint density at radius 2 is 2.06 bits per heavy atom. The van der Waals surface area contributed by atoms with Crippen molar-refractivity contribution in [1.29, 1.82) is 0 Å². The van der Waals surface area contributed by atoms with Crippen LogP contribution in [0.15, 0.2) is 33.5 Å². The fourth-order valence-electron chi connectivity index (χ4n) is 1.28. The van der Waals surface area contributed by atoms with Gasteiger partial charge in [-0.15, -0.1) is 0 Å². The molecule has 5 nitrogen and oxygen atoms in total. The number of rotatable bonds is 1. The summed E-state index contributed by atoms with van der Waals surface area (Å²) in [5.74, 6) is -2.29. The fourth-order valence-corrected chi connectivity index (χ4v) is 1.28. The molecule has 0 fully saturated rings. The topological polar surface area (TPSA) is 90.6 Å². The maximum absolute atomic E-state index is 11.4. The zero-order chi connectivity index (χ0) is 11.0. The summed E-state index contributed by atoms with van der Waals surface area (Å²) in [6.45, 7) is 0. The van der Waals surface area contributed by atoms with E-state index in [0.717, 1.165) is 6.07 Å². The molecule has 0 spiro atoms. The molecule has 0 saturated carbocycles. The van der Waals surface area contributed by atoms with Crippen LogP contribution in [0.4, 0.5) is 0 Å². The van der Waals surface area contributed by atoms with Gasteiger partial charge in [0.25, 0.3) is 0 Å². The number of aromatic carboxylic acids is 1. The first kappa shape index (κ1) is 12.8. The van der Waals surface area contributed by atoms with Gasteiger partial charge in [-0.2, -0.15) is 0 Å². The van der Waals surface area contributed by atoms with E-state index in [4.69, 9.17) is 9.52 Å². The number of hydrogen-bond donors (Lipinski definition) is 1. The van der Waals surface area contributed by atoms with Crippen molar-refractivity contribution >= 4 is 16.9 Å². The number of carbonyl (C=O) groups is 1. The molecule has 0 unspecified atom stereocenters. The molecule has 1 aromatic carbocycles. The molecule has 0 saturated heterocycles. The van der Waals surface area contributed by atoms with Crippen LogP contribution in [-0.2, 0) is 0 Å². The van der Waals surface area contributed by atoms with Gasteiger partial charge in [0.1, 0.15) is 5.58 Å². The second kappa shape index (κ2) is 4.69. The van der Waals surface area contributed by atoms with E-state index in [1.807, 2.05) is 0 Å². The zero-order valence-electron chi connectivity index (χ0n) is 8.39. The Balaban J connectivity index is 0.00000128. The standard InChI is InChI=1S/C10H6O5.Na/c11-5-2-1-3-7-9(5)6(12)4-8(15-7)10(13)14;/h1-4,11H,(H,13,14);/q;+1/p-1. The average molecular weight is 228 g/mol. The predicted molar refractivity (Wildman–Crippen MR) is 48.9 cm³/mol. The molecule has 0 aliphatic heterocycles. The van der Waals surface area contributed by atoms with E-state index < -0.39 is 22.9 Å². The number of hydrogen-bond acceptors (Lipinski definition) is 4. The Bertz CT molecular complexity index is 602. The van der Waals surface area contributed by atoms with Gasteiger partial charge in [0, 0.05) is 6.07 Å². The molecule has 0 aliphatic carbocycles. The molecule has 0 aliphatic rings. The van der Waals surface area contributed by atoms with Crippen molar-refractivity contribution in [2.45, 2.75) is 0 Å². The molecule has 0 bridgehead atoms. The third kappa shape index (κ3) is 2.11. The Labute approximate surface area is 112 Å². The summed E-state index contributed by atoms with van der Waals surface area (Å²) in [5.41, 5.74) is -0.647. The number of fused-ring (bicyclic) bond motifs is 1. The van der Waals surface area contributed by atoms with Crippen molar-refractivity contribution in [3.63, 3.8) is 0 Å². The van der Waals surface area contributed by atoms with Gasteiger partial charge >= 0.3 is 35.5 Å². The summed E-state index contributed by atoms with van der Waals surface area (Å²) in [6.07, 6.45) is 0. The van der Waals surface area contributed by atoms with Gasteiger partial charge in [-0.05, 0) is 6.07 Å². The molecule has 16 heavy (non-hydrogen) atoms. The third-order valence-electron chi connectivity index (χ3n) is 1.93. The summed E-state index contributed by atoms with van der Waals surface area (Å²) in [5, 5.41) is 19.8. The molecule has 1 N–H and O–H groups in total. The molecule has 0 radical (unpaired) electrons. The van der Waals surface area contributed by atoms with Crippen molar-refractivity contribution in [1.82, 2.24) is 0 Å². The van der Waals surface area contributed by atoms with Gasteiger partial charge in [0.05, 0.1) is 5.39 Å². The molecule has 0 atom stereocenters. The maximum Gasteiger partial charge on any atom is 1.00 e. The maximum atomic E-state index is 11.4. The molecule has 2 aromatic rings. The van der Waals surface area contributed by atoms with E-state index in [9.17, 15) is 14.7 Å². The summed E-state index contributed by atoms with van der Waals surface area (Å²) in [4.78, 5) is 22.0. The molecular weight excluding hydrogens is 223 g/mol. The van der Waals surface area contributed by atoms with E-state index in [1.54, 1.807) is 0 Å². The molecular formula is C10H5NaO5. The molecule has 76 valence electrons. The third-order valence-corrected chi connectivity index (χ3v) is 1.93. The van der Waals surface area contributed by atoms with E-state index >= 15 is 0 Å². The molecule has 6 heteroatoms. The molecule has 1 aromatic heterocycles. The van der Waals surface area contributed by atoms with Crippen molar-refractivity contribution in [3.05, 3.63) is 40.2 Å². The summed E-state index contributed by atoms with van der Waals surface area (Å²) in [7, 11) is 0. The van der Waals surface area contributed by atoms with Crippen LogP contribution in [0.5, 0.6) is 5.75 Å². The van der Waals surface area contributed by atoms with Gasteiger partial charge in [-0.3, -0.25) is 4.79 Å². The minimum atomic E-state index is -1.34. The first-order valence-corrected chi connectivity index (χ1v) is 4.07. The molecule has 2 rings (SSSR count). The summed E-state index contributed by atoms with van der Waals surface area (Å²) in [6, 6.07) is 4.80. The van der Waals surface area contributed by atoms with Crippen LogP contribution in [0, 0.1) is 0 Å². The van der Waals surface area contributed by atoms with E-state index in [-0.39, 0.29) is 40.5 Å². The summed E-state index contributed by atoms with van der Waals surface area (Å²) < 4.78 is 4.89. The van der Waals surface area contributed by atoms with Crippen LogP contribution in [0.1, 0.15) is 10.6 Å². The fraction of sp³-hybridized carbons (Fsp3) is 0. The van der Waals surface area contributed by atoms with E-state index in [0.29, 0.717) is 0 Å². The van der Waals surface area contributed by atoms with Gasteiger partial charge in [0.15, 0.2) is 5.43 Å². The normalized spacial score (nSPS) is 9.75. The number of carboxylic acid groups (broad SMARTS) is 1. The molecule has 1 heterocycles. The largest absolute Gasteiger partial charge is 1.00 e. The number of carboxylic acids is 1. The van der Waals surface area contributed by atoms with Crippen molar-refractivity contribution in [2.24, 2.45) is 0 Å². The van der Waals surface area contributed by atoms with Crippen LogP contribution < -0.4 is 40.1 Å². The van der Waals surface area contributed by atoms with Gasteiger partial charge in [-0.1, -0.05) is 17.9 Å². The van der Waals surface area contributed by atoms with Crippen molar-refractivity contribution in [3.8, 4) is 5.75 Å². The minimum Gasteiger partial charge on any atom is -0.872 e. The van der Waals surface area contributed by atoms with Crippen LogP contribution in [0.2, 0.25) is 0 Å². The first-order valence-electron chi connectivity index (χ1n) is 4.07. The van der Waals surface area contributed by atoms with Crippen LogP contribution in [0.3, 0.4) is 0 Å². The van der Waals surface area contributed by atoms with Crippen molar-refractivity contribution in [2.75, 3.05) is 0 Å².